The number of hydrogen-bond acceptors (Lipinski definition) is 4. The summed E-state index contributed by atoms with van der Waals surface area (Å²) in [7, 11) is 1.52. The van der Waals surface area contributed by atoms with Crippen LogP contribution in [0.15, 0.2) is 4.79 Å². The molecule has 0 saturated heterocycles. The standard InChI is InChI=1S/C5H8N4OS/c1-9-4(10)2(6)3(7)8-5(9)11/h6-7H2,1H3,(H,8,11). The van der Waals surface area contributed by atoms with Crippen molar-refractivity contribution in [3.8, 4) is 0 Å². The van der Waals surface area contributed by atoms with Gasteiger partial charge >= 0.3 is 0 Å². The van der Waals surface area contributed by atoms with Gasteiger partial charge in [-0.05, 0) is 12.2 Å². The Labute approximate surface area is 67.6 Å². The zero-order valence-corrected chi connectivity index (χ0v) is 6.73. The lowest BCUT2D eigenvalue weighted by molar-refractivity contribution is 0.813. The summed E-state index contributed by atoms with van der Waals surface area (Å²) in [5, 5.41) is 0. The van der Waals surface area contributed by atoms with E-state index in [4.69, 9.17) is 23.7 Å². The molecule has 1 heterocycles. The quantitative estimate of drug-likeness (QED) is 0.465. The van der Waals surface area contributed by atoms with Gasteiger partial charge in [0.15, 0.2) is 4.77 Å². The van der Waals surface area contributed by atoms with Gasteiger partial charge in [-0.3, -0.25) is 9.36 Å². The zero-order valence-electron chi connectivity index (χ0n) is 5.92. The molecule has 5 N–H and O–H groups in total. The first-order valence-electron chi connectivity index (χ1n) is 2.88. The lowest BCUT2D eigenvalue weighted by atomic mass is 10.5. The Bertz CT molecular complexity index is 390. The van der Waals surface area contributed by atoms with Crippen LogP contribution in [0.5, 0.6) is 0 Å². The maximum absolute atomic E-state index is 11.1. The van der Waals surface area contributed by atoms with Crippen molar-refractivity contribution in [1.82, 2.24) is 9.55 Å². The second-order valence-electron chi connectivity index (χ2n) is 2.12. The second kappa shape index (κ2) is 2.39. The number of nitrogen functional groups attached to an aromatic ring is 2. The maximum atomic E-state index is 11.1. The van der Waals surface area contributed by atoms with Gasteiger partial charge in [0.05, 0.1) is 0 Å². The highest BCUT2D eigenvalue weighted by molar-refractivity contribution is 7.71. The molecule has 60 valence electrons. The normalized spacial score (nSPS) is 9.91. The van der Waals surface area contributed by atoms with Crippen LogP contribution in [0.2, 0.25) is 0 Å². The number of aromatic amines is 1. The molecule has 0 aromatic carbocycles. The van der Waals surface area contributed by atoms with E-state index >= 15 is 0 Å². The highest BCUT2D eigenvalue weighted by Crippen LogP contribution is 2.01. The Balaban J connectivity index is 3.74. The number of aromatic nitrogens is 2. The van der Waals surface area contributed by atoms with E-state index in [0.29, 0.717) is 0 Å². The number of nitrogens with zero attached hydrogens (tertiary/aromatic N) is 1. The van der Waals surface area contributed by atoms with E-state index in [2.05, 4.69) is 4.98 Å². The third-order valence-corrected chi connectivity index (χ3v) is 1.75. The Kier molecular flexibility index (Phi) is 1.69. The average molecular weight is 172 g/mol. The van der Waals surface area contributed by atoms with Crippen molar-refractivity contribution < 1.29 is 0 Å². The number of H-pyrrole nitrogens is 1. The topological polar surface area (TPSA) is 89.8 Å². The summed E-state index contributed by atoms with van der Waals surface area (Å²) in [6.07, 6.45) is 0. The first kappa shape index (κ1) is 7.80. The van der Waals surface area contributed by atoms with Gasteiger partial charge < -0.3 is 16.5 Å². The fourth-order valence-corrected chi connectivity index (χ4v) is 0.847. The molecule has 1 aromatic rings. The van der Waals surface area contributed by atoms with E-state index in [-0.39, 0.29) is 21.8 Å². The SMILES string of the molecule is Cn1c(=S)[nH]c(N)c(N)c1=O. The van der Waals surface area contributed by atoms with Crippen LogP contribution in [0.4, 0.5) is 11.5 Å². The largest absolute Gasteiger partial charge is 0.391 e. The van der Waals surface area contributed by atoms with Crippen LogP contribution in [-0.4, -0.2) is 9.55 Å². The molecule has 0 spiro atoms. The smallest absolute Gasteiger partial charge is 0.279 e. The fourth-order valence-electron chi connectivity index (χ4n) is 0.655. The predicted octanol–water partition coefficient (Wildman–Crippen LogP) is -0.393. The number of rotatable bonds is 0. The first-order valence-corrected chi connectivity index (χ1v) is 3.29. The van der Waals surface area contributed by atoms with Crippen molar-refractivity contribution >= 4 is 23.7 Å². The van der Waals surface area contributed by atoms with Crippen LogP contribution in [-0.2, 0) is 7.05 Å². The molecule has 0 atom stereocenters. The molecular formula is C5H8N4OS. The zero-order chi connectivity index (χ0) is 8.59. The Hall–Kier alpha value is -1.30. The van der Waals surface area contributed by atoms with Crippen molar-refractivity contribution in [3.05, 3.63) is 15.1 Å². The van der Waals surface area contributed by atoms with E-state index in [1.54, 1.807) is 0 Å². The van der Waals surface area contributed by atoms with Gasteiger partial charge in [-0.2, -0.15) is 0 Å². The van der Waals surface area contributed by atoms with E-state index in [9.17, 15) is 4.79 Å². The van der Waals surface area contributed by atoms with Crippen LogP contribution in [0.3, 0.4) is 0 Å². The maximum Gasteiger partial charge on any atom is 0.279 e. The minimum absolute atomic E-state index is 0.00102. The van der Waals surface area contributed by atoms with E-state index < -0.39 is 0 Å². The average Bonchev–Trinajstić information content (AvgIpc) is 1.97. The van der Waals surface area contributed by atoms with Crippen LogP contribution in [0, 0.1) is 4.77 Å². The molecule has 0 amide bonds. The minimum Gasteiger partial charge on any atom is -0.391 e. The Morgan fingerprint density at radius 1 is 1.55 bits per heavy atom. The lowest BCUT2D eigenvalue weighted by Crippen LogP contribution is -2.23. The Morgan fingerprint density at radius 2 is 2.09 bits per heavy atom. The molecular weight excluding hydrogens is 164 g/mol. The molecule has 11 heavy (non-hydrogen) atoms. The second-order valence-corrected chi connectivity index (χ2v) is 2.51. The van der Waals surface area contributed by atoms with E-state index in [1.807, 2.05) is 0 Å². The van der Waals surface area contributed by atoms with Gasteiger partial charge in [0.25, 0.3) is 5.56 Å². The molecule has 6 heteroatoms. The highest BCUT2D eigenvalue weighted by atomic mass is 32.1. The third kappa shape index (κ3) is 1.12. The molecule has 1 rings (SSSR count). The lowest BCUT2D eigenvalue weighted by Gasteiger charge is -2.01. The minimum atomic E-state index is -0.369. The summed E-state index contributed by atoms with van der Waals surface area (Å²) in [5.41, 5.74) is 10.3. The molecule has 0 bridgehead atoms. The Morgan fingerprint density at radius 3 is 2.64 bits per heavy atom. The summed E-state index contributed by atoms with van der Waals surface area (Å²) >= 11 is 4.76. The fraction of sp³-hybridized carbons (Fsp3) is 0.200. The number of hydrogen-bond donors (Lipinski definition) is 3. The molecule has 0 fully saturated rings. The molecule has 0 radical (unpaired) electrons. The van der Waals surface area contributed by atoms with E-state index in [0.717, 1.165) is 0 Å². The molecule has 0 aliphatic rings. The summed E-state index contributed by atoms with van der Waals surface area (Å²) in [4.78, 5) is 13.7. The van der Waals surface area contributed by atoms with Crippen LogP contribution in [0.1, 0.15) is 0 Å². The summed E-state index contributed by atoms with van der Waals surface area (Å²) in [6.45, 7) is 0. The first-order chi connectivity index (χ1) is 5.04. The number of nitrogens with two attached hydrogens (primary N) is 2. The summed E-state index contributed by atoms with van der Waals surface area (Å²) in [6, 6.07) is 0. The van der Waals surface area contributed by atoms with Gasteiger partial charge in [0.2, 0.25) is 0 Å². The van der Waals surface area contributed by atoms with Crippen LogP contribution < -0.4 is 17.0 Å². The van der Waals surface area contributed by atoms with Crippen molar-refractivity contribution in [2.75, 3.05) is 11.5 Å². The number of nitrogens with one attached hydrogen (secondary N) is 1. The van der Waals surface area contributed by atoms with Crippen molar-refractivity contribution in [2.45, 2.75) is 0 Å². The molecule has 5 nitrogen and oxygen atoms in total. The van der Waals surface area contributed by atoms with Gasteiger partial charge in [0, 0.05) is 7.05 Å². The highest BCUT2D eigenvalue weighted by Gasteiger charge is 2.01. The van der Waals surface area contributed by atoms with Crippen molar-refractivity contribution in [3.63, 3.8) is 0 Å². The van der Waals surface area contributed by atoms with Crippen LogP contribution >= 0.6 is 12.2 Å². The van der Waals surface area contributed by atoms with Gasteiger partial charge in [-0.25, -0.2) is 0 Å². The molecule has 0 saturated carbocycles. The van der Waals surface area contributed by atoms with Crippen molar-refractivity contribution in [1.29, 1.82) is 0 Å². The van der Waals surface area contributed by atoms with Crippen molar-refractivity contribution in [2.24, 2.45) is 7.05 Å². The van der Waals surface area contributed by atoms with Gasteiger partial charge in [-0.15, -0.1) is 0 Å². The number of anilines is 2. The monoisotopic (exact) mass is 172 g/mol. The summed E-state index contributed by atoms with van der Waals surface area (Å²) < 4.78 is 1.49. The molecule has 0 unspecified atom stereocenters. The van der Waals surface area contributed by atoms with E-state index in [1.165, 1.54) is 11.6 Å². The molecule has 0 aliphatic carbocycles. The molecule has 1 aromatic heterocycles. The van der Waals surface area contributed by atoms with Gasteiger partial charge in [-0.1, -0.05) is 0 Å². The predicted molar refractivity (Wildman–Crippen MR) is 45.7 cm³/mol. The summed E-state index contributed by atoms with van der Waals surface area (Å²) in [5.74, 6) is 0.123. The third-order valence-electron chi connectivity index (χ3n) is 1.37. The van der Waals surface area contributed by atoms with Gasteiger partial charge in [0.1, 0.15) is 11.5 Å². The molecule has 0 aliphatic heterocycles. The van der Waals surface area contributed by atoms with Crippen LogP contribution in [0.25, 0.3) is 0 Å².